The van der Waals surface area contributed by atoms with Crippen LogP contribution in [0.3, 0.4) is 0 Å². The molecule has 0 saturated heterocycles. The zero-order valence-corrected chi connectivity index (χ0v) is 21.9. The van der Waals surface area contributed by atoms with Crippen LogP contribution in [0.2, 0.25) is 0 Å². The van der Waals surface area contributed by atoms with Crippen molar-refractivity contribution in [2.75, 3.05) is 0 Å². The highest BCUT2D eigenvalue weighted by Crippen LogP contribution is 2.32. The van der Waals surface area contributed by atoms with E-state index in [2.05, 4.69) is 30.8 Å². The van der Waals surface area contributed by atoms with Crippen molar-refractivity contribution in [3.05, 3.63) is 41.5 Å². The summed E-state index contributed by atoms with van der Waals surface area (Å²) in [5, 5.41) is 12.6. The predicted molar refractivity (Wildman–Crippen MR) is 133 cm³/mol. The molecule has 3 aromatic rings. The minimum atomic E-state index is -4.39. The number of halogens is 7. The van der Waals surface area contributed by atoms with Gasteiger partial charge in [0.25, 0.3) is 5.91 Å². The summed E-state index contributed by atoms with van der Waals surface area (Å²) in [6.45, 7) is -0.0283. The highest BCUT2D eigenvalue weighted by molar-refractivity contribution is 5.91. The lowest BCUT2D eigenvalue weighted by Gasteiger charge is -2.20. The van der Waals surface area contributed by atoms with Crippen LogP contribution in [0, 0.1) is 0 Å². The number of amides is 2. The lowest BCUT2D eigenvalue weighted by atomic mass is 9.97. The minimum Gasteiger partial charge on any atom is -0.352 e. The van der Waals surface area contributed by atoms with Gasteiger partial charge in [-0.2, -0.15) is 23.1 Å². The number of carbonyl (C=O) groups is 2. The summed E-state index contributed by atoms with van der Waals surface area (Å²) < 4.78 is 85.4. The summed E-state index contributed by atoms with van der Waals surface area (Å²) in [5.74, 6) is -3.15. The number of nitrogens with one attached hydrogen (secondary N) is 3. The van der Waals surface area contributed by atoms with Gasteiger partial charge >= 0.3 is 6.18 Å². The van der Waals surface area contributed by atoms with Crippen LogP contribution in [-0.2, 0) is 24.4 Å². The molecule has 2 amide bonds. The summed E-state index contributed by atoms with van der Waals surface area (Å²) in [4.78, 5) is 32.1. The van der Waals surface area contributed by atoms with Gasteiger partial charge in [-0.1, -0.05) is 12.5 Å². The molecular weight excluding hydrogens is 563 g/mol. The quantitative estimate of drug-likeness (QED) is 0.277. The number of hydrogen-bond donors (Lipinski definition) is 3. The maximum atomic E-state index is 12.2. The molecule has 1 aromatic carbocycles. The molecule has 1 aliphatic rings. The van der Waals surface area contributed by atoms with Crippen LogP contribution in [0.15, 0.2) is 24.4 Å². The molecule has 1 fully saturated rings. The maximum Gasteiger partial charge on any atom is 0.389 e. The zero-order chi connectivity index (χ0) is 30.0. The molecule has 226 valence electrons. The number of aromatic nitrogens is 5. The highest BCUT2D eigenvalue weighted by Gasteiger charge is 2.30. The lowest BCUT2D eigenvalue weighted by molar-refractivity contribution is -0.144. The van der Waals surface area contributed by atoms with Gasteiger partial charge in [-0.25, -0.2) is 22.5 Å². The summed E-state index contributed by atoms with van der Waals surface area (Å²) >= 11 is 0. The van der Waals surface area contributed by atoms with Crippen molar-refractivity contribution in [1.82, 2.24) is 35.6 Å². The van der Waals surface area contributed by atoms with Crippen LogP contribution in [0.5, 0.6) is 0 Å². The number of benzene rings is 1. The fourth-order valence-corrected chi connectivity index (χ4v) is 3.89. The topological polar surface area (TPSA) is 118 Å². The zero-order valence-electron chi connectivity index (χ0n) is 21.9. The van der Waals surface area contributed by atoms with E-state index >= 15 is 0 Å². The van der Waals surface area contributed by atoms with Crippen LogP contribution in [-0.4, -0.2) is 55.3 Å². The van der Waals surface area contributed by atoms with E-state index in [0.717, 1.165) is 11.2 Å². The van der Waals surface area contributed by atoms with Gasteiger partial charge in [0.05, 0.1) is 36.7 Å². The molecule has 16 heteroatoms. The van der Waals surface area contributed by atoms with Crippen molar-refractivity contribution in [3.8, 4) is 0 Å². The molecule has 0 unspecified atom stereocenters. The first-order valence-electron chi connectivity index (χ1n) is 12.9. The number of imidazole rings is 1. The van der Waals surface area contributed by atoms with Gasteiger partial charge in [0.1, 0.15) is 5.82 Å². The Bertz CT molecular complexity index is 1280. The molecule has 0 radical (unpaired) electrons. The number of alkyl halides is 7. The highest BCUT2D eigenvalue weighted by atomic mass is 19.4. The largest absolute Gasteiger partial charge is 0.389 e. The Labute approximate surface area is 230 Å². The molecule has 0 aliphatic heterocycles. The monoisotopic (exact) mass is 593 g/mol. The van der Waals surface area contributed by atoms with Crippen LogP contribution in [0.1, 0.15) is 73.2 Å². The number of rotatable bonds is 10. The third-order valence-electron chi connectivity index (χ3n) is 6.04. The van der Waals surface area contributed by atoms with Crippen molar-refractivity contribution in [1.29, 1.82) is 0 Å². The summed E-state index contributed by atoms with van der Waals surface area (Å²) in [6.07, 6.45) is -5.28. The van der Waals surface area contributed by atoms with Gasteiger partial charge in [-0.3, -0.25) is 9.59 Å². The van der Waals surface area contributed by atoms with Crippen LogP contribution in [0.25, 0.3) is 11.0 Å². The van der Waals surface area contributed by atoms with Crippen LogP contribution in [0.4, 0.5) is 30.7 Å². The molecule has 3 N–H and O–H groups in total. The van der Waals surface area contributed by atoms with E-state index in [-0.39, 0.29) is 38.2 Å². The van der Waals surface area contributed by atoms with E-state index in [4.69, 9.17) is 0 Å². The Kier molecular flexibility index (Phi) is 11.1. The van der Waals surface area contributed by atoms with Crippen molar-refractivity contribution >= 4 is 22.8 Å². The van der Waals surface area contributed by atoms with Gasteiger partial charge < -0.3 is 15.6 Å². The van der Waals surface area contributed by atoms with E-state index in [1.165, 1.54) is 6.20 Å². The first-order valence-corrected chi connectivity index (χ1v) is 12.9. The minimum absolute atomic E-state index is 0.0241. The second-order valence-electron chi connectivity index (χ2n) is 9.53. The van der Waals surface area contributed by atoms with E-state index < -0.39 is 49.6 Å². The van der Waals surface area contributed by atoms with Gasteiger partial charge in [0.2, 0.25) is 18.3 Å². The molecule has 0 atom stereocenters. The number of hydrogen-bond acceptors (Lipinski definition) is 5. The number of H-pyrrole nitrogens is 1. The third-order valence-corrected chi connectivity index (χ3v) is 6.04. The fourth-order valence-electron chi connectivity index (χ4n) is 3.89. The van der Waals surface area contributed by atoms with Crippen molar-refractivity contribution in [3.63, 3.8) is 0 Å². The van der Waals surface area contributed by atoms with Crippen molar-refractivity contribution < 1.29 is 40.3 Å². The molecule has 9 nitrogen and oxygen atoms in total. The van der Waals surface area contributed by atoms with E-state index in [1.807, 2.05) is 0 Å². The summed E-state index contributed by atoms with van der Waals surface area (Å²) in [5.41, 5.74) is 1.83. The van der Waals surface area contributed by atoms with E-state index in [9.17, 15) is 40.3 Å². The normalized spacial score (nSPS) is 14.9. The number of nitrogens with zero attached hydrogens (tertiary/aromatic N) is 4. The SMILES string of the molecule is FC1(F)CCCCC1.O=C(CCC(F)(F)F)NCc1ccc2nc(CNC(=O)c3cnn(CCC(F)F)n3)[nH]c2c1. The van der Waals surface area contributed by atoms with E-state index in [1.54, 1.807) is 18.2 Å². The van der Waals surface area contributed by atoms with Crippen molar-refractivity contribution in [2.45, 2.75) is 89.5 Å². The smallest absolute Gasteiger partial charge is 0.352 e. The Morgan fingerprint density at radius 2 is 1.80 bits per heavy atom. The van der Waals surface area contributed by atoms with E-state index in [0.29, 0.717) is 35.3 Å². The van der Waals surface area contributed by atoms with Gasteiger partial charge in [-0.05, 0) is 30.5 Å². The second-order valence-corrected chi connectivity index (χ2v) is 9.53. The first-order chi connectivity index (χ1) is 19.3. The Morgan fingerprint density at radius 1 is 1.07 bits per heavy atom. The predicted octanol–water partition coefficient (Wildman–Crippen LogP) is 5.28. The maximum absolute atomic E-state index is 12.2. The molecular formula is C25H30F7N7O2. The third kappa shape index (κ3) is 11.4. The summed E-state index contributed by atoms with van der Waals surface area (Å²) in [7, 11) is 0. The van der Waals surface area contributed by atoms with Crippen LogP contribution < -0.4 is 10.6 Å². The number of carbonyl (C=O) groups excluding carboxylic acids is 2. The Balaban J connectivity index is 0.000000496. The molecule has 2 heterocycles. The molecule has 0 spiro atoms. The summed E-state index contributed by atoms with van der Waals surface area (Å²) in [6, 6.07) is 5.03. The molecule has 1 aliphatic carbocycles. The number of aromatic amines is 1. The average Bonchev–Trinajstić information content (AvgIpc) is 3.54. The Hall–Kier alpha value is -3.72. The second kappa shape index (κ2) is 14.3. The van der Waals surface area contributed by atoms with Crippen molar-refractivity contribution in [2.24, 2.45) is 0 Å². The fraction of sp³-hybridized carbons (Fsp3) is 0.560. The lowest BCUT2D eigenvalue weighted by Crippen LogP contribution is -2.24. The molecule has 4 rings (SSSR count). The Morgan fingerprint density at radius 3 is 2.44 bits per heavy atom. The average molecular weight is 594 g/mol. The van der Waals surface area contributed by atoms with Gasteiger partial charge in [0, 0.05) is 32.2 Å². The molecule has 1 saturated carbocycles. The molecule has 2 aromatic heterocycles. The van der Waals surface area contributed by atoms with Gasteiger partial charge in [-0.15, -0.1) is 5.10 Å². The molecule has 41 heavy (non-hydrogen) atoms. The first kappa shape index (κ1) is 31.8. The van der Waals surface area contributed by atoms with Gasteiger partial charge in [0.15, 0.2) is 5.69 Å². The molecule has 0 bridgehead atoms. The number of fused-ring (bicyclic) bond motifs is 1. The standard InChI is InChI=1S/C19H20F5N7O2.C6H10F2/c20-15(21)4-6-31-27-9-14(30-31)18(33)26-10-16-28-12-2-1-11(7-13(12)29-16)8-25-17(32)3-5-19(22,23)24;7-6(8)4-2-1-3-5-6/h1-2,7,9,15H,3-6,8,10H2,(H,25,32)(H,26,33)(H,28,29);1-5H2. The number of aryl methyl sites for hydroxylation is 1. The van der Waals surface area contributed by atoms with Crippen LogP contribution >= 0.6 is 0 Å².